The van der Waals surface area contributed by atoms with E-state index in [4.69, 9.17) is 18.9 Å². The van der Waals surface area contributed by atoms with Crippen molar-refractivity contribution in [1.29, 1.82) is 0 Å². The summed E-state index contributed by atoms with van der Waals surface area (Å²) in [6, 6.07) is 0. The number of fused-ring (bicyclic) bond motifs is 2. The minimum atomic E-state index is -0.393. The predicted octanol–water partition coefficient (Wildman–Crippen LogP) is 6.30. The second kappa shape index (κ2) is 9.36. The van der Waals surface area contributed by atoms with Crippen LogP contribution in [-0.2, 0) is 28.5 Å². The van der Waals surface area contributed by atoms with Crippen LogP contribution in [0.1, 0.15) is 112 Å². The fraction of sp³-hybridized carbons (Fsp3) is 0.871. The van der Waals surface area contributed by atoms with Crippen LogP contribution in [0.15, 0.2) is 12.2 Å². The maximum Gasteiger partial charge on any atom is 0.303 e. The van der Waals surface area contributed by atoms with Crippen LogP contribution in [0.5, 0.6) is 0 Å². The summed E-state index contributed by atoms with van der Waals surface area (Å²) in [5.74, 6) is 1.50. The lowest BCUT2D eigenvalue weighted by atomic mass is 9.57. The molecule has 6 heteroatoms. The van der Waals surface area contributed by atoms with Crippen LogP contribution in [-0.4, -0.2) is 47.1 Å². The van der Waals surface area contributed by atoms with E-state index in [0.717, 1.165) is 44.1 Å². The van der Waals surface area contributed by atoms with Gasteiger partial charge in [0, 0.05) is 20.3 Å². The molecule has 2 heterocycles. The predicted molar refractivity (Wildman–Crippen MR) is 141 cm³/mol. The molecular formula is C31H48O6. The van der Waals surface area contributed by atoms with Crippen molar-refractivity contribution in [2.24, 2.45) is 23.2 Å². The van der Waals surface area contributed by atoms with Gasteiger partial charge in [-0.25, -0.2) is 0 Å². The highest BCUT2D eigenvalue weighted by Crippen LogP contribution is 2.71. The van der Waals surface area contributed by atoms with Gasteiger partial charge in [-0.15, -0.1) is 0 Å². The number of epoxide rings is 2. The van der Waals surface area contributed by atoms with Crippen molar-refractivity contribution >= 4 is 11.9 Å². The zero-order valence-corrected chi connectivity index (χ0v) is 23.9. The summed E-state index contributed by atoms with van der Waals surface area (Å²) >= 11 is 0. The van der Waals surface area contributed by atoms with Gasteiger partial charge in [0.1, 0.15) is 35.1 Å². The summed E-state index contributed by atoms with van der Waals surface area (Å²) in [4.78, 5) is 23.0. The minimum absolute atomic E-state index is 0.0540. The fourth-order valence-corrected chi connectivity index (χ4v) is 9.19. The molecule has 0 aromatic rings. The van der Waals surface area contributed by atoms with E-state index in [2.05, 4.69) is 20.4 Å². The van der Waals surface area contributed by atoms with E-state index in [-0.39, 0.29) is 41.5 Å². The van der Waals surface area contributed by atoms with Crippen molar-refractivity contribution < 1.29 is 28.5 Å². The average molecular weight is 517 g/mol. The highest BCUT2D eigenvalue weighted by molar-refractivity contribution is 5.66. The SMILES string of the molecule is C=C1CC[C@H](OC(C)=O)CC12OC2C1OC12CCC[C@]1(C)[C@@H]([C@H](C)CCCC(C)(C)OC(C)=O)CC[C@@H]21. The molecule has 37 heavy (non-hydrogen) atoms. The van der Waals surface area contributed by atoms with Crippen molar-refractivity contribution in [2.45, 2.75) is 147 Å². The second-order valence-corrected chi connectivity index (χ2v) is 13.8. The molecule has 0 radical (unpaired) electrons. The van der Waals surface area contributed by atoms with Crippen molar-refractivity contribution in [3.63, 3.8) is 0 Å². The van der Waals surface area contributed by atoms with E-state index in [1.54, 1.807) is 0 Å². The van der Waals surface area contributed by atoms with Crippen LogP contribution >= 0.6 is 0 Å². The molecule has 9 atom stereocenters. The monoisotopic (exact) mass is 516 g/mol. The first kappa shape index (κ1) is 27.2. The van der Waals surface area contributed by atoms with Crippen LogP contribution in [0.2, 0.25) is 0 Å². The molecule has 5 fully saturated rings. The van der Waals surface area contributed by atoms with Crippen molar-refractivity contribution in [2.75, 3.05) is 0 Å². The van der Waals surface area contributed by atoms with Gasteiger partial charge in [0.15, 0.2) is 0 Å². The number of rotatable bonds is 8. The molecule has 2 aliphatic heterocycles. The van der Waals surface area contributed by atoms with E-state index in [0.29, 0.717) is 23.2 Å². The molecular weight excluding hydrogens is 468 g/mol. The fourth-order valence-electron chi connectivity index (χ4n) is 9.19. The number of ether oxygens (including phenoxy) is 4. The van der Waals surface area contributed by atoms with Crippen LogP contribution in [0.3, 0.4) is 0 Å². The largest absolute Gasteiger partial charge is 0.462 e. The molecule has 0 aromatic carbocycles. The van der Waals surface area contributed by atoms with E-state index in [1.165, 1.54) is 46.0 Å². The van der Waals surface area contributed by atoms with Gasteiger partial charge in [0.25, 0.3) is 0 Å². The highest BCUT2D eigenvalue weighted by atomic mass is 16.7. The molecule has 4 unspecified atom stereocenters. The summed E-state index contributed by atoms with van der Waals surface area (Å²) in [7, 11) is 0. The van der Waals surface area contributed by atoms with Gasteiger partial charge < -0.3 is 18.9 Å². The van der Waals surface area contributed by atoms with E-state index >= 15 is 0 Å². The van der Waals surface area contributed by atoms with Crippen molar-refractivity contribution in [3.05, 3.63) is 12.2 Å². The zero-order chi connectivity index (χ0) is 26.8. The molecule has 0 aromatic heterocycles. The Kier molecular flexibility index (Phi) is 6.88. The lowest BCUT2D eigenvalue weighted by Crippen LogP contribution is -2.45. The van der Waals surface area contributed by atoms with Gasteiger partial charge in [-0.05, 0) is 100 Å². The van der Waals surface area contributed by atoms with E-state index in [9.17, 15) is 9.59 Å². The lowest BCUT2D eigenvalue weighted by molar-refractivity contribution is -0.154. The van der Waals surface area contributed by atoms with Gasteiger partial charge in [-0.3, -0.25) is 9.59 Å². The molecule has 3 saturated carbocycles. The Morgan fingerprint density at radius 3 is 2.57 bits per heavy atom. The molecule has 208 valence electrons. The Morgan fingerprint density at radius 2 is 1.86 bits per heavy atom. The molecule has 5 rings (SSSR count). The number of hydrogen-bond acceptors (Lipinski definition) is 6. The van der Waals surface area contributed by atoms with Gasteiger partial charge in [-0.1, -0.05) is 26.8 Å². The first-order valence-electron chi connectivity index (χ1n) is 14.7. The Morgan fingerprint density at radius 1 is 1.11 bits per heavy atom. The van der Waals surface area contributed by atoms with Crippen LogP contribution < -0.4 is 0 Å². The molecule has 0 bridgehead atoms. The third-order valence-electron chi connectivity index (χ3n) is 10.8. The molecule has 2 saturated heterocycles. The number of carbonyl (C=O) groups excluding carboxylic acids is 2. The van der Waals surface area contributed by atoms with Gasteiger partial charge in [-0.2, -0.15) is 0 Å². The second-order valence-electron chi connectivity index (χ2n) is 13.8. The van der Waals surface area contributed by atoms with Crippen molar-refractivity contribution in [3.8, 4) is 0 Å². The van der Waals surface area contributed by atoms with E-state index < -0.39 is 5.60 Å². The first-order chi connectivity index (χ1) is 17.3. The normalized spacial score (nSPS) is 43.4. The van der Waals surface area contributed by atoms with Crippen LogP contribution in [0, 0.1) is 23.2 Å². The summed E-state index contributed by atoms with van der Waals surface area (Å²) in [6.07, 6.45) is 11.8. The molecule has 6 nitrogen and oxygen atoms in total. The topological polar surface area (TPSA) is 77.7 Å². The lowest BCUT2D eigenvalue weighted by Gasteiger charge is -2.46. The Labute approximate surface area is 223 Å². The third-order valence-corrected chi connectivity index (χ3v) is 10.8. The Bertz CT molecular complexity index is 942. The summed E-state index contributed by atoms with van der Waals surface area (Å²) < 4.78 is 24.2. The molecule has 5 aliphatic rings. The molecule has 0 amide bonds. The zero-order valence-electron chi connectivity index (χ0n) is 23.9. The summed E-state index contributed by atoms with van der Waals surface area (Å²) in [5.41, 5.74) is 0.640. The smallest absolute Gasteiger partial charge is 0.303 e. The van der Waals surface area contributed by atoms with Gasteiger partial charge in [0.2, 0.25) is 0 Å². The number of carbonyl (C=O) groups is 2. The van der Waals surface area contributed by atoms with Crippen molar-refractivity contribution in [1.82, 2.24) is 0 Å². The highest BCUT2D eigenvalue weighted by Gasteiger charge is 2.78. The molecule has 2 spiro atoms. The number of esters is 2. The van der Waals surface area contributed by atoms with Crippen LogP contribution in [0.25, 0.3) is 0 Å². The van der Waals surface area contributed by atoms with E-state index in [1.807, 2.05) is 13.8 Å². The van der Waals surface area contributed by atoms with Gasteiger partial charge >= 0.3 is 11.9 Å². The maximum atomic E-state index is 11.6. The molecule has 3 aliphatic carbocycles. The van der Waals surface area contributed by atoms with Gasteiger partial charge in [0.05, 0.1) is 0 Å². The summed E-state index contributed by atoms with van der Waals surface area (Å²) in [5, 5.41) is 0. The summed E-state index contributed by atoms with van der Waals surface area (Å²) in [6.45, 7) is 16.4. The number of hydrogen-bond donors (Lipinski definition) is 0. The average Bonchev–Trinajstić information content (AvgIpc) is 3.63. The Balaban J connectivity index is 1.22. The van der Waals surface area contributed by atoms with Crippen LogP contribution in [0.4, 0.5) is 0 Å². The third kappa shape index (κ3) is 4.79. The quantitative estimate of drug-likeness (QED) is 0.214. The minimum Gasteiger partial charge on any atom is -0.462 e. The maximum absolute atomic E-state index is 11.6. The standard InChI is InChI=1S/C31H48O6/c1-19(10-8-15-28(5,6)35-22(4)33)24-13-14-25-29(24,7)16-9-17-30(25)26(36-30)27-31(37-27)18-23(34-21(3)32)12-11-20(31)2/h19,23-27H,2,8-18H2,1,3-7H3/t19-,23+,24-,25-,26?,27?,29-,30?,31?/m1/s1. The molecule has 0 N–H and O–H groups in total. The Hall–Kier alpha value is -1.40. The first-order valence-corrected chi connectivity index (χ1v) is 14.7.